The van der Waals surface area contributed by atoms with Crippen LogP contribution in [0.25, 0.3) is 0 Å². The van der Waals surface area contributed by atoms with Gasteiger partial charge >= 0.3 is 0 Å². The number of rotatable bonds is 6. The number of hydrogen-bond acceptors (Lipinski definition) is 4. The zero-order valence-corrected chi connectivity index (χ0v) is 14.1. The Labute approximate surface area is 151 Å². The Morgan fingerprint density at radius 3 is 2.38 bits per heavy atom. The van der Waals surface area contributed by atoms with E-state index in [1.807, 2.05) is 12.1 Å². The monoisotopic (exact) mass is 346 g/mol. The largest absolute Gasteiger partial charge is 0.508 e. The van der Waals surface area contributed by atoms with Gasteiger partial charge in [0.2, 0.25) is 0 Å². The first-order chi connectivity index (χ1) is 12.6. The third kappa shape index (κ3) is 4.33. The smallest absolute Gasteiger partial charge is 0.251 e. The van der Waals surface area contributed by atoms with E-state index in [0.29, 0.717) is 29.7 Å². The fourth-order valence-electron chi connectivity index (χ4n) is 2.56. The van der Waals surface area contributed by atoms with E-state index >= 15 is 0 Å². The minimum Gasteiger partial charge on any atom is -0.508 e. The minimum absolute atomic E-state index is 0.0421. The van der Waals surface area contributed by atoms with Gasteiger partial charge in [-0.1, -0.05) is 30.3 Å². The van der Waals surface area contributed by atoms with Crippen LogP contribution in [-0.4, -0.2) is 28.3 Å². The zero-order chi connectivity index (χ0) is 18.4. The van der Waals surface area contributed by atoms with Gasteiger partial charge in [-0.2, -0.15) is 0 Å². The summed E-state index contributed by atoms with van der Waals surface area (Å²) in [6.45, 7) is 0.508. The Morgan fingerprint density at radius 2 is 1.69 bits per heavy atom. The van der Waals surface area contributed by atoms with E-state index in [9.17, 15) is 14.7 Å². The lowest BCUT2D eigenvalue weighted by Gasteiger charge is -2.06. The van der Waals surface area contributed by atoms with E-state index in [1.165, 1.54) is 12.1 Å². The summed E-state index contributed by atoms with van der Waals surface area (Å²) in [5, 5.41) is 12.3. The van der Waals surface area contributed by atoms with E-state index in [1.54, 1.807) is 48.8 Å². The highest BCUT2D eigenvalue weighted by atomic mass is 16.3. The van der Waals surface area contributed by atoms with Gasteiger partial charge in [0.15, 0.2) is 5.78 Å². The van der Waals surface area contributed by atoms with E-state index in [0.717, 1.165) is 5.56 Å². The fourth-order valence-corrected chi connectivity index (χ4v) is 2.56. The van der Waals surface area contributed by atoms with Crippen molar-refractivity contribution in [3.05, 3.63) is 95.3 Å². The fraction of sp³-hybridized carbons (Fsp3) is 0.0952. The van der Waals surface area contributed by atoms with Crippen molar-refractivity contribution in [1.29, 1.82) is 0 Å². The van der Waals surface area contributed by atoms with Crippen LogP contribution in [0.1, 0.15) is 31.8 Å². The molecule has 2 N–H and O–H groups in total. The Bertz CT molecular complexity index is 906. The van der Waals surface area contributed by atoms with Crippen LogP contribution in [-0.2, 0) is 6.42 Å². The number of ketones is 1. The molecular formula is C21H18N2O3. The van der Waals surface area contributed by atoms with Crippen molar-refractivity contribution in [3.8, 4) is 5.75 Å². The highest BCUT2D eigenvalue weighted by Crippen LogP contribution is 2.16. The average molecular weight is 346 g/mol. The van der Waals surface area contributed by atoms with Crippen LogP contribution in [0, 0.1) is 0 Å². The summed E-state index contributed by atoms with van der Waals surface area (Å²) in [6.07, 6.45) is 4.18. The maximum Gasteiger partial charge on any atom is 0.251 e. The highest BCUT2D eigenvalue weighted by molar-refractivity contribution is 6.09. The summed E-state index contributed by atoms with van der Waals surface area (Å²) in [7, 11) is 0. The Hall–Kier alpha value is -3.47. The van der Waals surface area contributed by atoms with Gasteiger partial charge < -0.3 is 10.4 Å². The summed E-state index contributed by atoms with van der Waals surface area (Å²) >= 11 is 0. The lowest BCUT2D eigenvalue weighted by molar-refractivity contribution is 0.0952. The molecule has 0 aliphatic rings. The molecule has 0 atom stereocenters. The van der Waals surface area contributed by atoms with Crippen molar-refractivity contribution in [1.82, 2.24) is 10.3 Å². The number of aromatic nitrogens is 1. The van der Waals surface area contributed by atoms with Crippen molar-refractivity contribution >= 4 is 11.7 Å². The predicted octanol–water partition coefficient (Wildman–Crippen LogP) is 2.99. The number of nitrogens with zero attached hydrogens (tertiary/aromatic N) is 1. The van der Waals surface area contributed by atoms with E-state index in [-0.39, 0.29) is 17.4 Å². The molecule has 3 aromatic rings. The quantitative estimate of drug-likeness (QED) is 0.673. The molecule has 0 saturated heterocycles. The first-order valence-corrected chi connectivity index (χ1v) is 8.24. The maximum atomic E-state index is 12.4. The summed E-state index contributed by atoms with van der Waals surface area (Å²) in [4.78, 5) is 28.6. The van der Waals surface area contributed by atoms with E-state index in [2.05, 4.69) is 10.3 Å². The third-order valence-corrected chi connectivity index (χ3v) is 3.94. The Morgan fingerprint density at radius 1 is 0.923 bits per heavy atom. The summed E-state index contributed by atoms with van der Waals surface area (Å²) in [5.74, 6) is -0.352. The molecule has 0 saturated carbocycles. The van der Waals surface area contributed by atoms with E-state index < -0.39 is 0 Å². The summed E-state index contributed by atoms with van der Waals surface area (Å²) < 4.78 is 0. The normalized spacial score (nSPS) is 10.3. The van der Waals surface area contributed by atoms with Crippen molar-refractivity contribution < 1.29 is 14.7 Å². The molecular weight excluding hydrogens is 328 g/mol. The standard InChI is InChI=1S/C21H18N2O3/c24-19-5-1-4-18(13-19)20(25)16-6-8-17(9-7-16)21(26)23-12-10-15-3-2-11-22-14-15/h1-9,11,13-14,24H,10,12H2,(H,23,26). The topological polar surface area (TPSA) is 79.3 Å². The second kappa shape index (κ2) is 8.07. The highest BCUT2D eigenvalue weighted by Gasteiger charge is 2.11. The number of carbonyl (C=O) groups excluding carboxylic acids is 2. The molecule has 5 heteroatoms. The number of aromatic hydroxyl groups is 1. The molecule has 1 heterocycles. The number of amides is 1. The van der Waals surface area contributed by atoms with Crippen LogP contribution in [0.15, 0.2) is 73.1 Å². The van der Waals surface area contributed by atoms with Crippen LogP contribution in [0.2, 0.25) is 0 Å². The van der Waals surface area contributed by atoms with Crippen LogP contribution >= 0.6 is 0 Å². The second-order valence-corrected chi connectivity index (χ2v) is 5.82. The molecule has 1 aromatic heterocycles. The molecule has 2 aromatic carbocycles. The van der Waals surface area contributed by atoms with Crippen LogP contribution in [0.5, 0.6) is 5.75 Å². The molecule has 0 radical (unpaired) electrons. The molecule has 130 valence electrons. The average Bonchev–Trinajstić information content (AvgIpc) is 2.68. The number of nitrogens with one attached hydrogen (secondary N) is 1. The van der Waals surface area contributed by atoms with Gasteiger partial charge in [0.05, 0.1) is 0 Å². The lowest BCUT2D eigenvalue weighted by Crippen LogP contribution is -2.25. The third-order valence-electron chi connectivity index (χ3n) is 3.94. The first-order valence-electron chi connectivity index (χ1n) is 8.24. The molecule has 0 aliphatic heterocycles. The van der Waals surface area contributed by atoms with Crippen molar-refractivity contribution in [3.63, 3.8) is 0 Å². The number of hydrogen-bond donors (Lipinski definition) is 2. The number of benzene rings is 2. The van der Waals surface area contributed by atoms with Gasteiger partial charge in [0.25, 0.3) is 5.91 Å². The molecule has 0 aliphatic carbocycles. The van der Waals surface area contributed by atoms with Crippen LogP contribution < -0.4 is 5.32 Å². The van der Waals surface area contributed by atoms with E-state index in [4.69, 9.17) is 0 Å². The van der Waals surface area contributed by atoms with Gasteiger partial charge in [-0.05, 0) is 42.3 Å². The molecule has 26 heavy (non-hydrogen) atoms. The molecule has 0 fully saturated rings. The van der Waals surface area contributed by atoms with Gasteiger partial charge in [-0.15, -0.1) is 0 Å². The molecule has 5 nitrogen and oxygen atoms in total. The van der Waals surface area contributed by atoms with Crippen molar-refractivity contribution in [2.45, 2.75) is 6.42 Å². The Kier molecular flexibility index (Phi) is 5.39. The van der Waals surface area contributed by atoms with Gasteiger partial charge in [0.1, 0.15) is 5.75 Å². The predicted molar refractivity (Wildman–Crippen MR) is 98.3 cm³/mol. The molecule has 0 unspecified atom stereocenters. The molecule has 3 rings (SSSR count). The van der Waals surface area contributed by atoms with Crippen LogP contribution in [0.4, 0.5) is 0 Å². The molecule has 1 amide bonds. The number of pyridine rings is 1. The number of carbonyl (C=O) groups is 2. The van der Waals surface area contributed by atoms with Crippen LogP contribution in [0.3, 0.4) is 0 Å². The van der Waals surface area contributed by atoms with Gasteiger partial charge in [-0.3, -0.25) is 14.6 Å². The SMILES string of the molecule is O=C(NCCc1cccnc1)c1ccc(C(=O)c2cccc(O)c2)cc1. The number of phenolic OH excluding ortho intramolecular Hbond substituents is 1. The van der Waals surface area contributed by atoms with Crippen molar-refractivity contribution in [2.24, 2.45) is 0 Å². The first kappa shape index (κ1) is 17.4. The van der Waals surface area contributed by atoms with Gasteiger partial charge in [0, 0.05) is 35.6 Å². The summed E-state index contributed by atoms with van der Waals surface area (Å²) in [5.41, 5.74) is 2.41. The second-order valence-electron chi connectivity index (χ2n) is 5.82. The van der Waals surface area contributed by atoms with Gasteiger partial charge in [-0.25, -0.2) is 0 Å². The maximum absolute atomic E-state index is 12.4. The Balaban J connectivity index is 1.60. The molecule has 0 bridgehead atoms. The lowest BCUT2D eigenvalue weighted by atomic mass is 10.0. The number of phenols is 1. The van der Waals surface area contributed by atoms with Crippen molar-refractivity contribution in [2.75, 3.05) is 6.54 Å². The minimum atomic E-state index is -0.204. The zero-order valence-electron chi connectivity index (χ0n) is 14.1. The summed E-state index contributed by atoms with van der Waals surface area (Å²) in [6, 6.07) is 16.5. The molecule has 0 spiro atoms.